The van der Waals surface area contributed by atoms with Crippen LogP contribution in [0.4, 0.5) is 0 Å². The van der Waals surface area contributed by atoms with Crippen LogP contribution in [0.1, 0.15) is 0 Å². The largest absolute Gasteiger partial charge is 0.545 e. The van der Waals surface area contributed by atoms with E-state index >= 15 is 0 Å². The summed E-state index contributed by atoms with van der Waals surface area (Å²) in [5, 5.41) is 9.84. The monoisotopic (exact) mass is 129 g/mol. The summed E-state index contributed by atoms with van der Waals surface area (Å²) >= 11 is 0. The Morgan fingerprint density at radius 1 is 1.44 bits per heavy atom. The van der Waals surface area contributed by atoms with Crippen LogP contribution in [-0.4, -0.2) is 31.6 Å². The van der Waals surface area contributed by atoms with Gasteiger partial charge in [0.25, 0.3) is 0 Å². The molecule has 0 atom stereocenters. The van der Waals surface area contributed by atoms with Crippen molar-refractivity contribution in [1.29, 1.82) is 0 Å². The fourth-order valence-electron chi connectivity index (χ4n) is 0.284. The molecule has 3 nitrogen and oxygen atoms in total. The van der Waals surface area contributed by atoms with E-state index in [4.69, 9.17) is 0 Å². The molecule has 0 amide bonds. The summed E-state index contributed by atoms with van der Waals surface area (Å²) in [4.78, 5) is 9.84. The average molecular weight is 129 g/mol. The van der Waals surface area contributed by atoms with Gasteiger partial charge in [-0.15, -0.1) is 0 Å². The number of carbonyl (C=O) groups is 1. The van der Waals surface area contributed by atoms with E-state index in [9.17, 15) is 9.90 Å². The first-order valence-corrected chi connectivity index (χ1v) is 2.63. The molecule has 0 aliphatic rings. The van der Waals surface area contributed by atoms with Crippen molar-refractivity contribution in [1.82, 2.24) is 0 Å². The Kier molecular flexibility index (Phi) is 2.40. The summed E-state index contributed by atoms with van der Waals surface area (Å²) in [6.45, 7) is 0. The minimum Gasteiger partial charge on any atom is -0.545 e. The van der Waals surface area contributed by atoms with Crippen molar-refractivity contribution < 1.29 is 14.4 Å². The fraction of sp³-hybridized carbons (Fsp3) is 0.500. The molecular formula is C6H11NO2. The van der Waals surface area contributed by atoms with E-state index in [-0.39, 0.29) is 0 Å². The minimum absolute atomic E-state index is 0.494. The topological polar surface area (TPSA) is 40.1 Å². The van der Waals surface area contributed by atoms with Gasteiger partial charge in [0, 0.05) is 6.08 Å². The number of nitrogens with zero attached hydrogens (tertiary/aromatic N) is 1. The lowest BCUT2D eigenvalue weighted by atomic mass is 10.5. The Morgan fingerprint density at radius 2 is 1.89 bits per heavy atom. The molecule has 0 fully saturated rings. The molecule has 0 saturated carbocycles. The second-order valence-electron chi connectivity index (χ2n) is 2.75. The Labute approximate surface area is 54.8 Å². The lowest BCUT2D eigenvalue weighted by Gasteiger charge is -2.17. The summed E-state index contributed by atoms with van der Waals surface area (Å²) in [6, 6.07) is 0. The molecule has 0 saturated heterocycles. The van der Waals surface area contributed by atoms with Crippen LogP contribution in [0.3, 0.4) is 0 Å². The second-order valence-corrected chi connectivity index (χ2v) is 2.75. The molecule has 0 spiro atoms. The molecular weight excluding hydrogens is 118 g/mol. The summed E-state index contributed by atoms with van der Waals surface area (Å²) in [6.07, 6.45) is 2.56. The fourth-order valence-corrected chi connectivity index (χ4v) is 0.284. The molecule has 0 aliphatic carbocycles. The highest BCUT2D eigenvalue weighted by Gasteiger charge is 1.97. The van der Waals surface area contributed by atoms with Crippen molar-refractivity contribution >= 4 is 5.97 Å². The first-order valence-electron chi connectivity index (χ1n) is 2.63. The second kappa shape index (κ2) is 2.64. The van der Waals surface area contributed by atoms with Crippen LogP contribution in [0, 0.1) is 0 Å². The molecule has 0 bridgehead atoms. The molecule has 0 aromatic heterocycles. The number of hydrogen-bond donors (Lipinski definition) is 0. The van der Waals surface area contributed by atoms with Crippen LogP contribution in [-0.2, 0) is 4.79 Å². The third kappa shape index (κ3) is 7.17. The number of hydrogen-bond acceptors (Lipinski definition) is 2. The number of carboxylic acid groups (broad SMARTS) is 1. The first kappa shape index (κ1) is 8.17. The highest BCUT2D eigenvalue weighted by Crippen LogP contribution is 1.89. The molecule has 52 valence electrons. The smallest absolute Gasteiger partial charge is 0.0970 e. The number of rotatable bonds is 2. The number of quaternary nitrogens is 1. The van der Waals surface area contributed by atoms with E-state index in [1.165, 1.54) is 6.20 Å². The predicted molar refractivity (Wildman–Crippen MR) is 32.2 cm³/mol. The first-order chi connectivity index (χ1) is 3.92. The normalized spacial score (nSPS) is 12.3. The van der Waals surface area contributed by atoms with Gasteiger partial charge in [-0.05, 0) is 0 Å². The lowest BCUT2D eigenvalue weighted by molar-refractivity contribution is -0.817. The quantitative estimate of drug-likeness (QED) is 0.353. The van der Waals surface area contributed by atoms with Gasteiger partial charge >= 0.3 is 0 Å². The Morgan fingerprint density at radius 3 is 2.00 bits per heavy atom. The van der Waals surface area contributed by atoms with Crippen LogP contribution in [0.15, 0.2) is 12.3 Å². The van der Waals surface area contributed by atoms with E-state index < -0.39 is 5.97 Å². The van der Waals surface area contributed by atoms with Crippen LogP contribution in [0.5, 0.6) is 0 Å². The highest BCUT2D eigenvalue weighted by molar-refractivity contribution is 5.77. The van der Waals surface area contributed by atoms with E-state index in [1.807, 2.05) is 21.1 Å². The van der Waals surface area contributed by atoms with Gasteiger partial charge in [0.05, 0.1) is 33.3 Å². The summed E-state index contributed by atoms with van der Waals surface area (Å²) < 4.78 is 0.494. The van der Waals surface area contributed by atoms with Crippen molar-refractivity contribution in [3.8, 4) is 0 Å². The van der Waals surface area contributed by atoms with Gasteiger partial charge in [-0.3, -0.25) is 0 Å². The van der Waals surface area contributed by atoms with Gasteiger partial charge in [-0.2, -0.15) is 0 Å². The maximum atomic E-state index is 9.84. The van der Waals surface area contributed by atoms with Crippen molar-refractivity contribution in [3.63, 3.8) is 0 Å². The van der Waals surface area contributed by atoms with E-state index in [0.29, 0.717) is 4.48 Å². The molecule has 9 heavy (non-hydrogen) atoms. The van der Waals surface area contributed by atoms with Crippen molar-refractivity contribution in [2.24, 2.45) is 0 Å². The number of aliphatic carboxylic acids is 1. The predicted octanol–water partition coefficient (Wildman–Crippen LogP) is -1.04. The average Bonchev–Trinajstić information content (AvgIpc) is 1.59. The molecule has 0 radical (unpaired) electrons. The van der Waals surface area contributed by atoms with Gasteiger partial charge < -0.3 is 14.4 Å². The summed E-state index contributed by atoms with van der Waals surface area (Å²) in [5.74, 6) is -1.15. The van der Waals surface area contributed by atoms with Crippen LogP contribution >= 0.6 is 0 Å². The van der Waals surface area contributed by atoms with Gasteiger partial charge in [0.1, 0.15) is 0 Å². The number of carboxylic acids is 1. The zero-order chi connectivity index (χ0) is 7.49. The Balaban J connectivity index is 3.86. The third-order valence-electron chi connectivity index (χ3n) is 0.658. The SMILES string of the molecule is C[N+](C)(C)/C=C/C(=O)[O-]. The van der Waals surface area contributed by atoms with E-state index in [2.05, 4.69) is 0 Å². The van der Waals surface area contributed by atoms with E-state index in [1.54, 1.807) is 0 Å². The molecule has 0 aliphatic heterocycles. The molecule has 3 heteroatoms. The zero-order valence-electron chi connectivity index (χ0n) is 5.92. The van der Waals surface area contributed by atoms with Crippen molar-refractivity contribution in [2.75, 3.05) is 21.1 Å². The summed E-state index contributed by atoms with van der Waals surface area (Å²) in [7, 11) is 5.58. The van der Waals surface area contributed by atoms with Gasteiger partial charge in [-0.25, -0.2) is 0 Å². The zero-order valence-corrected chi connectivity index (χ0v) is 5.92. The van der Waals surface area contributed by atoms with Gasteiger partial charge in [0.15, 0.2) is 0 Å². The Bertz CT molecular complexity index is 132. The molecule has 0 aromatic carbocycles. The molecule has 0 heterocycles. The van der Waals surface area contributed by atoms with Crippen LogP contribution in [0.2, 0.25) is 0 Å². The maximum absolute atomic E-state index is 9.84. The Hall–Kier alpha value is -0.830. The summed E-state index contributed by atoms with van der Waals surface area (Å²) in [5.41, 5.74) is 0. The molecule has 0 rings (SSSR count). The molecule has 0 unspecified atom stereocenters. The van der Waals surface area contributed by atoms with Crippen molar-refractivity contribution in [3.05, 3.63) is 12.3 Å². The maximum Gasteiger partial charge on any atom is 0.0970 e. The number of carbonyl (C=O) groups excluding carboxylic acids is 1. The van der Waals surface area contributed by atoms with Crippen molar-refractivity contribution in [2.45, 2.75) is 0 Å². The molecule has 0 aromatic rings. The minimum atomic E-state index is -1.15. The van der Waals surface area contributed by atoms with Gasteiger partial charge in [0.2, 0.25) is 0 Å². The van der Waals surface area contributed by atoms with Gasteiger partial charge in [-0.1, -0.05) is 0 Å². The standard InChI is InChI=1S/C6H11NO2/c1-7(2,3)5-4-6(8)9/h4-5H,1-3H3/b5-4+. The lowest BCUT2D eigenvalue weighted by Crippen LogP contribution is -2.29. The van der Waals surface area contributed by atoms with Crippen LogP contribution < -0.4 is 5.11 Å². The van der Waals surface area contributed by atoms with Crippen LogP contribution in [0.25, 0.3) is 0 Å². The highest BCUT2D eigenvalue weighted by atomic mass is 16.4. The van der Waals surface area contributed by atoms with E-state index in [0.717, 1.165) is 6.08 Å². The third-order valence-corrected chi connectivity index (χ3v) is 0.658. The molecule has 0 N–H and O–H groups in total.